The number of aromatic nitrogens is 2. The summed E-state index contributed by atoms with van der Waals surface area (Å²) in [5.41, 5.74) is 4.32. The van der Waals surface area contributed by atoms with Crippen molar-refractivity contribution in [3.05, 3.63) is 77.9 Å². The van der Waals surface area contributed by atoms with Gasteiger partial charge in [0.1, 0.15) is 30.8 Å². The van der Waals surface area contributed by atoms with Crippen molar-refractivity contribution in [1.29, 1.82) is 0 Å². The van der Waals surface area contributed by atoms with E-state index in [0.717, 1.165) is 22.5 Å². The number of nitrogens with one attached hydrogen (secondary N) is 2. The number of allylic oxidation sites excluding steroid dienone is 1. The Morgan fingerprint density at radius 2 is 1.74 bits per heavy atom. The second-order valence-corrected chi connectivity index (χ2v) is 9.10. The highest BCUT2D eigenvalue weighted by Gasteiger charge is 2.24. The van der Waals surface area contributed by atoms with Gasteiger partial charge >= 0.3 is 0 Å². The molecular weight excluding hydrogens is 496 g/mol. The van der Waals surface area contributed by atoms with E-state index < -0.39 is 0 Å². The van der Waals surface area contributed by atoms with E-state index in [0.29, 0.717) is 28.6 Å². The maximum atomic E-state index is 13.5. The lowest BCUT2D eigenvalue weighted by atomic mass is 9.86. The molecule has 2 heterocycles. The number of benzene rings is 1. The van der Waals surface area contributed by atoms with Crippen LogP contribution < -0.4 is 20.1 Å². The molecule has 9 heteroatoms. The number of amides is 1. The standard InChI is InChI=1S/C28H34N4O3.2CH2O/c1-9-18-14-23(32(7)25(18)24(10-2)35-20-12-11-13-30-17-20)27(33)31-22-16-19(28(3,4)5)15-21(29-6)26(22)34-8;2*1-2/h9-17,29H,1H2,2-8H3,(H,31,33);2*1H2/b24-10+;;. The van der Waals surface area contributed by atoms with Crippen LogP contribution in [0, 0.1) is 0 Å². The van der Waals surface area contributed by atoms with Crippen molar-refractivity contribution in [3.63, 3.8) is 0 Å². The van der Waals surface area contributed by atoms with E-state index in [1.165, 1.54) is 0 Å². The molecule has 0 bridgehead atoms. The first-order valence-electron chi connectivity index (χ1n) is 12.0. The average molecular weight is 535 g/mol. The second-order valence-electron chi connectivity index (χ2n) is 9.10. The van der Waals surface area contributed by atoms with Crippen molar-refractivity contribution in [2.24, 2.45) is 7.05 Å². The van der Waals surface area contributed by atoms with E-state index in [2.05, 4.69) is 43.0 Å². The Balaban J connectivity index is 0.00000181. The average Bonchev–Trinajstić information content (AvgIpc) is 3.29. The molecule has 0 aliphatic heterocycles. The highest BCUT2D eigenvalue weighted by Crippen LogP contribution is 2.39. The summed E-state index contributed by atoms with van der Waals surface area (Å²) in [6.45, 7) is 16.2. The molecule has 0 spiro atoms. The van der Waals surface area contributed by atoms with Gasteiger partial charge in [-0.1, -0.05) is 33.4 Å². The molecule has 208 valence electrons. The number of methoxy groups -OCH3 is 1. The van der Waals surface area contributed by atoms with Crippen LogP contribution in [-0.4, -0.2) is 43.2 Å². The van der Waals surface area contributed by atoms with Crippen molar-refractivity contribution in [1.82, 2.24) is 9.55 Å². The monoisotopic (exact) mass is 534 g/mol. The Hall–Kier alpha value is -4.66. The van der Waals surface area contributed by atoms with Crippen molar-refractivity contribution < 1.29 is 23.9 Å². The Kier molecular flexibility index (Phi) is 12.4. The molecular formula is C30H38N4O5. The van der Waals surface area contributed by atoms with E-state index in [-0.39, 0.29) is 11.3 Å². The van der Waals surface area contributed by atoms with Gasteiger partial charge in [-0.3, -0.25) is 9.78 Å². The highest BCUT2D eigenvalue weighted by molar-refractivity contribution is 6.05. The minimum atomic E-state index is -0.273. The number of carbonyl (C=O) groups is 3. The Morgan fingerprint density at radius 3 is 2.23 bits per heavy atom. The summed E-state index contributed by atoms with van der Waals surface area (Å²) in [6, 6.07) is 9.43. The van der Waals surface area contributed by atoms with Crippen LogP contribution >= 0.6 is 0 Å². The van der Waals surface area contributed by atoms with Gasteiger partial charge < -0.3 is 34.3 Å². The van der Waals surface area contributed by atoms with Crippen LogP contribution in [-0.2, 0) is 22.1 Å². The molecule has 1 aromatic carbocycles. The van der Waals surface area contributed by atoms with Crippen molar-refractivity contribution in [2.45, 2.75) is 33.1 Å². The van der Waals surface area contributed by atoms with E-state index in [4.69, 9.17) is 19.1 Å². The molecule has 1 amide bonds. The molecule has 3 aromatic rings. The zero-order valence-corrected chi connectivity index (χ0v) is 23.8. The zero-order valence-electron chi connectivity index (χ0n) is 23.8. The van der Waals surface area contributed by atoms with Crippen LogP contribution in [0.5, 0.6) is 11.5 Å². The van der Waals surface area contributed by atoms with Gasteiger partial charge in [0.05, 0.1) is 30.4 Å². The number of carbonyl (C=O) groups excluding carboxylic acids is 3. The Morgan fingerprint density at radius 1 is 1.10 bits per heavy atom. The normalized spacial score (nSPS) is 10.7. The van der Waals surface area contributed by atoms with Crippen LogP contribution in [0.3, 0.4) is 0 Å². The number of hydrogen-bond donors (Lipinski definition) is 2. The fourth-order valence-electron chi connectivity index (χ4n) is 3.83. The number of hydrogen-bond acceptors (Lipinski definition) is 7. The Bertz CT molecular complexity index is 1290. The van der Waals surface area contributed by atoms with Crippen molar-refractivity contribution in [3.8, 4) is 11.5 Å². The first kappa shape index (κ1) is 32.4. The van der Waals surface area contributed by atoms with Gasteiger partial charge in [0, 0.05) is 25.9 Å². The first-order valence-corrected chi connectivity index (χ1v) is 12.0. The van der Waals surface area contributed by atoms with Gasteiger partial charge in [-0.05, 0) is 54.3 Å². The lowest BCUT2D eigenvalue weighted by Gasteiger charge is -2.23. The molecule has 0 fully saturated rings. The quantitative estimate of drug-likeness (QED) is 0.355. The third kappa shape index (κ3) is 7.67. The molecule has 9 nitrogen and oxygen atoms in total. The molecule has 0 aliphatic rings. The molecule has 0 radical (unpaired) electrons. The molecule has 0 unspecified atom stereocenters. The summed E-state index contributed by atoms with van der Waals surface area (Å²) in [4.78, 5) is 33.6. The van der Waals surface area contributed by atoms with Gasteiger partial charge in [0.25, 0.3) is 5.91 Å². The SMILES string of the molecule is C=Cc1cc(C(=O)Nc2cc(C(C)(C)C)cc(NC)c2OC)n(C)c1/C(=C\C)Oc1cccnc1.C=O.C=O. The largest absolute Gasteiger partial charge is 0.492 e. The number of ether oxygens (including phenoxy) is 2. The van der Waals surface area contributed by atoms with Crippen LogP contribution in [0.4, 0.5) is 11.4 Å². The first-order chi connectivity index (χ1) is 18.6. The fourth-order valence-corrected chi connectivity index (χ4v) is 3.83. The number of nitrogens with zero attached hydrogens (tertiary/aromatic N) is 2. The molecule has 3 rings (SSSR count). The minimum absolute atomic E-state index is 0.115. The molecule has 0 aliphatic carbocycles. The minimum Gasteiger partial charge on any atom is -0.492 e. The third-order valence-corrected chi connectivity index (χ3v) is 5.75. The Labute approximate surface area is 230 Å². The lowest BCUT2D eigenvalue weighted by Crippen LogP contribution is -2.19. The fraction of sp³-hybridized carbons (Fsp3) is 0.267. The number of pyridine rings is 1. The molecule has 2 N–H and O–H groups in total. The van der Waals surface area contributed by atoms with Crippen LogP contribution in [0.2, 0.25) is 0 Å². The van der Waals surface area contributed by atoms with Crippen LogP contribution in [0.15, 0.2) is 55.4 Å². The highest BCUT2D eigenvalue weighted by atomic mass is 16.5. The summed E-state index contributed by atoms with van der Waals surface area (Å²) in [6.07, 6.45) is 6.89. The summed E-state index contributed by atoms with van der Waals surface area (Å²) in [5, 5.41) is 6.22. The summed E-state index contributed by atoms with van der Waals surface area (Å²) in [5.74, 6) is 1.50. The van der Waals surface area contributed by atoms with Gasteiger partial charge in [0.15, 0.2) is 5.75 Å². The maximum absolute atomic E-state index is 13.5. The van der Waals surface area contributed by atoms with Crippen LogP contribution in [0.25, 0.3) is 11.8 Å². The summed E-state index contributed by atoms with van der Waals surface area (Å²) >= 11 is 0. The van der Waals surface area contributed by atoms with Crippen molar-refractivity contribution in [2.75, 3.05) is 24.8 Å². The predicted octanol–water partition coefficient (Wildman–Crippen LogP) is 5.73. The second kappa shape index (κ2) is 14.9. The number of anilines is 2. The summed E-state index contributed by atoms with van der Waals surface area (Å²) < 4.78 is 13.5. The van der Waals surface area contributed by atoms with Crippen molar-refractivity contribution >= 4 is 42.7 Å². The van der Waals surface area contributed by atoms with Gasteiger partial charge in [-0.2, -0.15) is 0 Å². The molecule has 39 heavy (non-hydrogen) atoms. The van der Waals surface area contributed by atoms with E-state index in [9.17, 15) is 4.79 Å². The molecule has 0 saturated carbocycles. The van der Waals surface area contributed by atoms with E-state index >= 15 is 0 Å². The van der Waals surface area contributed by atoms with E-state index in [1.54, 1.807) is 42.3 Å². The third-order valence-electron chi connectivity index (χ3n) is 5.75. The van der Waals surface area contributed by atoms with Gasteiger partial charge in [-0.25, -0.2) is 0 Å². The van der Waals surface area contributed by atoms with Gasteiger partial charge in [0.2, 0.25) is 0 Å². The summed E-state index contributed by atoms with van der Waals surface area (Å²) in [7, 11) is 5.25. The molecule has 0 atom stereocenters. The molecule has 0 saturated heterocycles. The smallest absolute Gasteiger partial charge is 0.272 e. The lowest BCUT2D eigenvalue weighted by molar-refractivity contribution is -0.0987. The topological polar surface area (TPSA) is 112 Å². The van der Waals surface area contributed by atoms with Gasteiger partial charge in [-0.15, -0.1) is 0 Å². The maximum Gasteiger partial charge on any atom is 0.272 e. The predicted molar refractivity (Wildman–Crippen MR) is 157 cm³/mol. The molecule has 2 aromatic heterocycles. The zero-order chi connectivity index (χ0) is 29.8. The van der Waals surface area contributed by atoms with E-state index in [1.807, 2.05) is 58.9 Å². The number of rotatable bonds is 8. The van der Waals surface area contributed by atoms with Crippen LogP contribution in [0.1, 0.15) is 55.0 Å².